The predicted octanol–water partition coefficient (Wildman–Crippen LogP) is 5.80. The fourth-order valence-corrected chi connectivity index (χ4v) is 4.42. The number of amides is 1. The Morgan fingerprint density at radius 1 is 1.06 bits per heavy atom. The highest BCUT2D eigenvalue weighted by atomic mass is 35.5. The van der Waals surface area contributed by atoms with Gasteiger partial charge < -0.3 is 4.74 Å². The second-order valence-corrected chi connectivity index (χ2v) is 9.18. The molecule has 178 valence electrons. The lowest BCUT2D eigenvalue weighted by molar-refractivity contribution is -0.118. The number of carbonyl (C=O) groups excluding carboxylic acids is 1. The third kappa shape index (κ3) is 6.03. The first-order chi connectivity index (χ1) is 17.0. The third-order valence-corrected chi connectivity index (χ3v) is 6.58. The maximum atomic E-state index is 12.4. The van der Waals surface area contributed by atoms with Gasteiger partial charge in [-0.1, -0.05) is 58.7 Å². The highest BCUT2D eigenvalue weighted by Gasteiger charge is 2.17. The first-order valence-corrected chi connectivity index (χ1v) is 12.3. The van der Waals surface area contributed by atoms with E-state index in [2.05, 4.69) is 20.7 Å². The maximum absolute atomic E-state index is 12.4. The number of methoxy groups -OCH3 is 1. The highest BCUT2D eigenvalue weighted by molar-refractivity contribution is 7.99. The molecular weight excluding hydrogens is 505 g/mol. The average molecular weight is 526 g/mol. The molecule has 4 rings (SSSR count). The minimum Gasteiger partial charge on any atom is -0.497 e. The smallest absolute Gasteiger partial charge is 0.250 e. The van der Waals surface area contributed by atoms with Crippen LogP contribution in [0.5, 0.6) is 5.75 Å². The number of rotatable bonds is 8. The summed E-state index contributed by atoms with van der Waals surface area (Å²) >= 11 is 13.5. The number of thioether (sulfide) groups is 1. The summed E-state index contributed by atoms with van der Waals surface area (Å²) in [4.78, 5) is 12.4. The summed E-state index contributed by atoms with van der Waals surface area (Å²) in [5.74, 6) is 1.19. The van der Waals surface area contributed by atoms with E-state index in [1.807, 2.05) is 60.0 Å². The zero-order valence-electron chi connectivity index (χ0n) is 18.9. The van der Waals surface area contributed by atoms with E-state index in [0.29, 0.717) is 26.6 Å². The van der Waals surface area contributed by atoms with E-state index in [1.54, 1.807) is 25.3 Å². The van der Waals surface area contributed by atoms with Gasteiger partial charge >= 0.3 is 0 Å². The van der Waals surface area contributed by atoms with Crippen LogP contribution in [-0.2, 0) is 4.79 Å². The number of aryl methyl sites for hydroxylation is 1. The second-order valence-electron chi connectivity index (χ2n) is 7.42. The number of hydrogen-bond donors (Lipinski definition) is 1. The van der Waals surface area contributed by atoms with Crippen LogP contribution in [0.15, 0.2) is 77.0 Å². The molecule has 0 fully saturated rings. The van der Waals surface area contributed by atoms with Crippen molar-refractivity contribution in [2.75, 3.05) is 12.9 Å². The van der Waals surface area contributed by atoms with Crippen LogP contribution in [-0.4, -0.2) is 39.7 Å². The van der Waals surface area contributed by atoms with Crippen LogP contribution in [0.2, 0.25) is 10.0 Å². The molecule has 10 heteroatoms. The molecule has 0 aliphatic heterocycles. The monoisotopic (exact) mass is 525 g/mol. The Kier molecular flexibility index (Phi) is 8.07. The fraction of sp³-hybridized carbons (Fsp3) is 0.120. The van der Waals surface area contributed by atoms with E-state index in [1.165, 1.54) is 18.0 Å². The van der Waals surface area contributed by atoms with Crippen LogP contribution in [0.25, 0.3) is 17.1 Å². The molecule has 4 aromatic rings. The molecule has 1 heterocycles. The predicted molar refractivity (Wildman–Crippen MR) is 141 cm³/mol. The molecule has 1 amide bonds. The number of carbonyl (C=O) groups is 1. The lowest BCUT2D eigenvalue weighted by Crippen LogP contribution is -2.20. The van der Waals surface area contributed by atoms with Crippen molar-refractivity contribution in [2.24, 2.45) is 5.10 Å². The van der Waals surface area contributed by atoms with Gasteiger partial charge in [-0.3, -0.25) is 9.36 Å². The molecule has 0 unspecified atom stereocenters. The van der Waals surface area contributed by atoms with Gasteiger partial charge in [0.1, 0.15) is 5.75 Å². The summed E-state index contributed by atoms with van der Waals surface area (Å²) in [5.41, 5.74) is 5.93. The van der Waals surface area contributed by atoms with Gasteiger partial charge in [0.25, 0.3) is 5.91 Å². The van der Waals surface area contributed by atoms with Crippen LogP contribution in [0.4, 0.5) is 0 Å². The quantitative estimate of drug-likeness (QED) is 0.178. The van der Waals surface area contributed by atoms with Gasteiger partial charge in [0.05, 0.1) is 29.1 Å². The van der Waals surface area contributed by atoms with Gasteiger partial charge in [0.2, 0.25) is 0 Å². The highest BCUT2D eigenvalue weighted by Crippen LogP contribution is 2.29. The summed E-state index contributed by atoms with van der Waals surface area (Å²) in [7, 11) is 1.62. The Labute approximate surface area is 217 Å². The first kappa shape index (κ1) is 24.8. The SMILES string of the molecule is COc1ccc(-c2nnc(SCC(=O)N/N=C/c3c(Cl)cccc3Cl)n2-c2ccc(C)cc2)cc1. The molecular formula is C25H21Cl2N5O2S. The summed E-state index contributed by atoms with van der Waals surface area (Å²) in [5, 5.41) is 14.2. The lowest BCUT2D eigenvalue weighted by Gasteiger charge is -2.11. The Balaban J connectivity index is 1.53. The van der Waals surface area contributed by atoms with Crippen molar-refractivity contribution in [3.63, 3.8) is 0 Å². The van der Waals surface area contributed by atoms with Crippen molar-refractivity contribution in [2.45, 2.75) is 12.1 Å². The molecule has 1 N–H and O–H groups in total. The molecule has 0 aliphatic carbocycles. The van der Waals surface area contributed by atoms with Crippen molar-refractivity contribution in [1.29, 1.82) is 0 Å². The van der Waals surface area contributed by atoms with Crippen LogP contribution in [0, 0.1) is 6.92 Å². The zero-order valence-corrected chi connectivity index (χ0v) is 21.2. The number of ether oxygens (including phenoxy) is 1. The number of hydrazone groups is 1. The van der Waals surface area contributed by atoms with E-state index in [4.69, 9.17) is 27.9 Å². The molecule has 1 aromatic heterocycles. The van der Waals surface area contributed by atoms with E-state index in [-0.39, 0.29) is 11.7 Å². The van der Waals surface area contributed by atoms with Crippen molar-refractivity contribution >= 4 is 47.1 Å². The number of halogens is 2. The molecule has 0 radical (unpaired) electrons. The molecule has 3 aromatic carbocycles. The topological polar surface area (TPSA) is 81.4 Å². The molecule has 0 saturated heterocycles. The number of nitrogens with zero attached hydrogens (tertiary/aromatic N) is 4. The third-order valence-electron chi connectivity index (χ3n) is 4.99. The fourth-order valence-electron chi connectivity index (χ4n) is 3.18. The standard InChI is InChI=1S/C25H21Cl2N5O2S/c1-16-6-10-18(11-7-16)32-24(17-8-12-19(34-2)13-9-17)30-31-25(32)35-15-23(33)29-28-14-20-21(26)4-3-5-22(20)27/h3-14H,15H2,1-2H3,(H,29,33)/b28-14+. The minimum atomic E-state index is -0.307. The Hall–Kier alpha value is -3.33. The first-order valence-electron chi connectivity index (χ1n) is 10.5. The van der Waals surface area contributed by atoms with Gasteiger partial charge in [-0.25, -0.2) is 5.43 Å². The van der Waals surface area contributed by atoms with Crippen LogP contribution < -0.4 is 10.2 Å². The Bertz CT molecular complexity index is 1340. The molecule has 7 nitrogen and oxygen atoms in total. The summed E-state index contributed by atoms with van der Waals surface area (Å²) in [6.07, 6.45) is 1.42. The molecule has 0 aliphatic rings. The van der Waals surface area contributed by atoms with Gasteiger partial charge in [-0.15, -0.1) is 10.2 Å². The molecule has 35 heavy (non-hydrogen) atoms. The summed E-state index contributed by atoms with van der Waals surface area (Å²) in [6, 6.07) is 20.7. The van der Waals surface area contributed by atoms with Crippen molar-refractivity contribution in [3.05, 3.63) is 87.9 Å². The van der Waals surface area contributed by atoms with E-state index in [0.717, 1.165) is 22.6 Å². The zero-order chi connectivity index (χ0) is 24.8. The Morgan fingerprint density at radius 3 is 2.40 bits per heavy atom. The van der Waals surface area contributed by atoms with Crippen LogP contribution >= 0.6 is 35.0 Å². The average Bonchev–Trinajstić information content (AvgIpc) is 3.29. The van der Waals surface area contributed by atoms with E-state index in [9.17, 15) is 4.79 Å². The number of hydrogen-bond acceptors (Lipinski definition) is 6. The normalized spacial score (nSPS) is 11.1. The van der Waals surface area contributed by atoms with Gasteiger partial charge in [0, 0.05) is 16.8 Å². The van der Waals surface area contributed by atoms with Crippen molar-refractivity contribution < 1.29 is 9.53 Å². The van der Waals surface area contributed by atoms with Crippen molar-refractivity contribution in [1.82, 2.24) is 20.2 Å². The van der Waals surface area contributed by atoms with E-state index < -0.39 is 0 Å². The van der Waals surface area contributed by atoms with Crippen LogP contribution in [0.1, 0.15) is 11.1 Å². The summed E-state index contributed by atoms with van der Waals surface area (Å²) < 4.78 is 7.18. The second kappa shape index (κ2) is 11.4. The van der Waals surface area contributed by atoms with E-state index >= 15 is 0 Å². The number of benzene rings is 3. The summed E-state index contributed by atoms with van der Waals surface area (Å²) in [6.45, 7) is 2.02. The van der Waals surface area contributed by atoms with Crippen LogP contribution in [0.3, 0.4) is 0 Å². The molecule has 0 spiro atoms. The Morgan fingerprint density at radius 2 is 1.74 bits per heavy atom. The molecule has 0 saturated carbocycles. The lowest BCUT2D eigenvalue weighted by atomic mass is 10.2. The molecule has 0 bridgehead atoms. The minimum absolute atomic E-state index is 0.0835. The number of nitrogens with one attached hydrogen (secondary N) is 1. The molecule has 0 atom stereocenters. The van der Waals surface area contributed by atoms with Crippen molar-refractivity contribution in [3.8, 4) is 22.8 Å². The van der Waals surface area contributed by atoms with Gasteiger partial charge in [-0.05, 0) is 55.5 Å². The largest absolute Gasteiger partial charge is 0.497 e. The van der Waals surface area contributed by atoms with Gasteiger partial charge in [0.15, 0.2) is 11.0 Å². The van der Waals surface area contributed by atoms with Gasteiger partial charge in [-0.2, -0.15) is 5.10 Å². The maximum Gasteiger partial charge on any atom is 0.250 e. The number of aromatic nitrogens is 3.